The van der Waals surface area contributed by atoms with Crippen LogP contribution >= 0.6 is 0 Å². The summed E-state index contributed by atoms with van der Waals surface area (Å²) in [6.45, 7) is 3.93. The largest absolute Gasteiger partial charge is 0.326 e. The lowest BCUT2D eigenvalue weighted by Crippen LogP contribution is -2.15. The third-order valence-corrected chi connectivity index (χ3v) is 4.19. The first-order valence-corrected chi connectivity index (χ1v) is 7.83. The molecule has 1 saturated carbocycles. The molecule has 2 amide bonds. The predicted octanol–water partition coefficient (Wildman–Crippen LogP) is 3.90. The number of benzene rings is 2. The van der Waals surface area contributed by atoms with Crippen molar-refractivity contribution in [1.82, 2.24) is 0 Å². The molecule has 4 heteroatoms. The normalized spacial score (nSPS) is 13.5. The maximum atomic E-state index is 12.4. The molecule has 118 valence electrons. The van der Waals surface area contributed by atoms with Crippen molar-refractivity contribution < 1.29 is 9.59 Å². The third-order valence-electron chi connectivity index (χ3n) is 4.19. The SMILES string of the molecule is Cc1cccc(C(=O)Nc2cccc(NC(=O)C3CC3)c2)c1C. The highest BCUT2D eigenvalue weighted by Crippen LogP contribution is 2.30. The van der Waals surface area contributed by atoms with E-state index >= 15 is 0 Å². The van der Waals surface area contributed by atoms with Crippen molar-refractivity contribution in [3.05, 3.63) is 59.2 Å². The molecule has 1 aliphatic rings. The summed E-state index contributed by atoms with van der Waals surface area (Å²) in [7, 11) is 0. The van der Waals surface area contributed by atoms with Gasteiger partial charge in [0.05, 0.1) is 0 Å². The number of hydrogen-bond acceptors (Lipinski definition) is 2. The fourth-order valence-electron chi connectivity index (χ4n) is 2.46. The highest BCUT2D eigenvalue weighted by molar-refractivity contribution is 6.06. The second-order valence-electron chi connectivity index (χ2n) is 6.05. The van der Waals surface area contributed by atoms with Crippen LogP contribution in [0.15, 0.2) is 42.5 Å². The average molecular weight is 308 g/mol. The maximum absolute atomic E-state index is 12.4. The van der Waals surface area contributed by atoms with E-state index in [0.717, 1.165) is 24.0 Å². The smallest absolute Gasteiger partial charge is 0.255 e. The van der Waals surface area contributed by atoms with E-state index in [-0.39, 0.29) is 17.7 Å². The van der Waals surface area contributed by atoms with Gasteiger partial charge in [0.2, 0.25) is 5.91 Å². The molecule has 3 rings (SSSR count). The predicted molar refractivity (Wildman–Crippen MR) is 91.7 cm³/mol. The van der Waals surface area contributed by atoms with Crippen molar-refractivity contribution in [2.45, 2.75) is 26.7 Å². The second-order valence-corrected chi connectivity index (χ2v) is 6.05. The number of carbonyl (C=O) groups excluding carboxylic acids is 2. The van der Waals surface area contributed by atoms with Gasteiger partial charge in [-0.15, -0.1) is 0 Å². The van der Waals surface area contributed by atoms with E-state index in [9.17, 15) is 9.59 Å². The van der Waals surface area contributed by atoms with Gasteiger partial charge < -0.3 is 10.6 Å². The molecule has 0 bridgehead atoms. The van der Waals surface area contributed by atoms with Crippen molar-refractivity contribution >= 4 is 23.2 Å². The van der Waals surface area contributed by atoms with Gasteiger partial charge in [0.15, 0.2) is 0 Å². The quantitative estimate of drug-likeness (QED) is 0.900. The number of hydrogen-bond donors (Lipinski definition) is 2. The molecular formula is C19H20N2O2. The van der Waals surface area contributed by atoms with E-state index < -0.39 is 0 Å². The minimum absolute atomic E-state index is 0.0583. The van der Waals surface area contributed by atoms with Crippen LogP contribution in [-0.2, 0) is 4.79 Å². The molecular weight excluding hydrogens is 288 g/mol. The van der Waals surface area contributed by atoms with Gasteiger partial charge >= 0.3 is 0 Å². The van der Waals surface area contributed by atoms with Crippen molar-refractivity contribution in [1.29, 1.82) is 0 Å². The molecule has 4 nitrogen and oxygen atoms in total. The first-order valence-electron chi connectivity index (χ1n) is 7.83. The number of nitrogens with one attached hydrogen (secondary N) is 2. The topological polar surface area (TPSA) is 58.2 Å². The van der Waals surface area contributed by atoms with Gasteiger partial charge in [-0.05, 0) is 62.1 Å². The van der Waals surface area contributed by atoms with E-state index in [2.05, 4.69) is 10.6 Å². The Morgan fingerprint density at radius 3 is 2.30 bits per heavy atom. The summed E-state index contributed by atoms with van der Waals surface area (Å²) in [5, 5.41) is 5.78. The Morgan fingerprint density at radius 2 is 1.61 bits per heavy atom. The monoisotopic (exact) mass is 308 g/mol. The molecule has 2 aromatic rings. The fraction of sp³-hybridized carbons (Fsp3) is 0.263. The summed E-state index contributed by atoms with van der Waals surface area (Å²) in [5.41, 5.74) is 4.11. The fourth-order valence-corrected chi connectivity index (χ4v) is 2.46. The molecule has 0 aliphatic heterocycles. The molecule has 0 saturated heterocycles. The van der Waals surface area contributed by atoms with Gasteiger partial charge in [-0.3, -0.25) is 9.59 Å². The Labute approximate surface area is 135 Å². The average Bonchev–Trinajstić information content (AvgIpc) is 3.35. The van der Waals surface area contributed by atoms with E-state index in [1.54, 1.807) is 6.07 Å². The minimum atomic E-state index is -0.142. The molecule has 0 spiro atoms. The molecule has 23 heavy (non-hydrogen) atoms. The van der Waals surface area contributed by atoms with Gasteiger partial charge in [0.25, 0.3) is 5.91 Å². The molecule has 1 aliphatic carbocycles. The van der Waals surface area contributed by atoms with E-state index in [1.807, 2.05) is 50.2 Å². The number of anilines is 2. The van der Waals surface area contributed by atoms with Crippen LogP contribution in [-0.4, -0.2) is 11.8 Å². The first-order chi connectivity index (χ1) is 11.0. The maximum Gasteiger partial charge on any atom is 0.255 e. The number of carbonyl (C=O) groups is 2. The molecule has 0 atom stereocenters. The second kappa shape index (κ2) is 6.24. The van der Waals surface area contributed by atoms with Crippen molar-refractivity contribution in [2.24, 2.45) is 5.92 Å². The van der Waals surface area contributed by atoms with Crippen molar-refractivity contribution in [3.8, 4) is 0 Å². The zero-order chi connectivity index (χ0) is 16.4. The summed E-state index contributed by atoms with van der Waals surface area (Å²) in [6.07, 6.45) is 1.93. The number of rotatable bonds is 4. The van der Waals surface area contributed by atoms with E-state index in [0.29, 0.717) is 16.9 Å². The van der Waals surface area contributed by atoms with E-state index in [4.69, 9.17) is 0 Å². The molecule has 2 N–H and O–H groups in total. The summed E-state index contributed by atoms with van der Waals surface area (Å²) in [6, 6.07) is 12.9. The first kappa shape index (κ1) is 15.3. The molecule has 1 fully saturated rings. The van der Waals surface area contributed by atoms with E-state index in [1.165, 1.54) is 0 Å². The highest BCUT2D eigenvalue weighted by Gasteiger charge is 2.29. The molecule has 0 unspecified atom stereocenters. The third kappa shape index (κ3) is 3.59. The molecule has 0 aromatic heterocycles. The van der Waals surface area contributed by atoms with Crippen LogP contribution in [0.1, 0.15) is 34.3 Å². The lowest BCUT2D eigenvalue weighted by atomic mass is 10.0. The minimum Gasteiger partial charge on any atom is -0.326 e. The Morgan fingerprint density at radius 1 is 0.957 bits per heavy atom. The van der Waals surface area contributed by atoms with Gasteiger partial charge in [0.1, 0.15) is 0 Å². The van der Waals surface area contributed by atoms with Gasteiger partial charge in [-0.25, -0.2) is 0 Å². The standard InChI is InChI=1S/C19H20N2O2/c1-12-5-3-8-17(13(12)2)19(23)21-16-7-4-6-15(11-16)20-18(22)14-9-10-14/h3-8,11,14H,9-10H2,1-2H3,(H,20,22)(H,21,23). The van der Waals surface area contributed by atoms with Crippen LogP contribution in [0.3, 0.4) is 0 Å². The Kier molecular flexibility index (Phi) is 4.15. The van der Waals surface area contributed by atoms with Crippen molar-refractivity contribution in [3.63, 3.8) is 0 Å². The number of aryl methyl sites for hydroxylation is 1. The summed E-state index contributed by atoms with van der Waals surface area (Å²) in [5.74, 6) is 0.0723. The highest BCUT2D eigenvalue weighted by atomic mass is 16.2. The zero-order valence-corrected chi connectivity index (χ0v) is 13.3. The van der Waals surface area contributed by atoms with Gasteiger partial charge in [-0.2, -0.15) is 0 Å². The molecule has 0 radical (unpaired) electrons. The Hall–Kier alpha value is -2.62. The van der Waals surface area contributed by atoms with Gasteiger partial charge in [0, 0.05) is 22.9 Å². The van der Waals surface area contributed by atoms with Crippen LogP contribution in [0, 0.1) is 19.8 Å². The van der Waals surface area contributed by atoms with Crippen molar-refractivity contribution in [2.75, 3.05) is 10.6 Å². The molecule has 2 aromatic carbocycles. The van der Waals surface area contributed by atoms with Crippen LogP contribution in [0.4, 0.5) is 11.4 Å². The lowest BCUT2D eigenvalue weighted by molar-refractivity contribution is -0.117. The van der Waals surface area contributed by atoms with Gasteiger partial charge in [-0.1, -0.05) is 18.2 Å². The number of amides is 2. The Balaban J connectivity index is 1.73. The van der Waals surface area contributed by atoms with Crippen LogP contribution in [0.25, 0.3) is 0 Å². The van der Waals surface area contributed by atoms with Crippen LogP contribution < -0.4 is 10.6 Å². The zero-order valence-electron chi connectivity index (χ0n) is 13.3. The summed E-state index contributed by atoms with van der Waals surface area (Å²) < 4.78 is 0. The lowest BCUT2D eigenvalue weighted by Gasteiger charge is -2.11. The molecule has 0 heterocycles. The summed E-state index contributed by atoms with van der Waals surface area (Å²) in [4.78, 5) is 24.3. The van der Waals surface area contributed by atoms with Crippen LogP contribution in [0.2, 0.25) is 0 Å². The Bertz CT molecular complexity index is 764. The summed E-state index contributed by atoms with van der Waals surface area (Å²) >= 11 is 0. The van der Waals surface area contributed by atoms with Crippen LogP contribution in [0.5, 0.6) is 0 Å².